The van der Waals surface area contributed by atoms with Gasteiger partial charge in [0.1, 0.15) is 0 Å². The van der Waals surface area contributed by atoms with Crippen molar-refractivity contribution in [3.63, 3.8) is 0 Å². The summed E-state index contributed by atoms with van der Waals surface area (Å²) in [7, 11) is 0. The molecule has 0 aromatic heterocycles. The number of Topliss-reactive ketones (excluding diaryl/α,β-unsaturated/α-hetero) is 1. The van der Waals surface area contributed by atoms with Crippen LogP contribution in [0.4, 0.5) is 0 Å². The van der Waals surface area contributed by atoms with E-state index in [4.69, 9.17) is 11.6 Å². The summed E-state index contributed by atoms with van der Waals surface area (Å²) in [6.07, 6.45) is 1.49. The van der Waals surface area contributed by atoms with Crippen LogP contribution < -0.4 is 0 Å². The van der Waals surface area contributed by atoms with Crippen molar-refractivity contribution in [3.05, 3.63) is 70.7 Å². The Hall–Kier alpha value is -2.12. The van der Waals surface area contributed by atoms with Crippen molar-refractivity contribution in [3.8, 4) is 11.1 Å². The van der Waals surface area contributed by atoms with E-state index in [0.29, 0.717) is 6.42 Å². The number of carbonyl (C=O) groups is 1. The van der Waals surface area contributed by atoms with E-state index in [-0.39, 0.29) is 5.78 Å². The summed E-state index contributed by atoms with van der Waals surface area (Å²) in [5.74, 6) is 0.262. The molecule has 0 saturated heterocycles. The van der Waals surface area contributed by atoms with E-state index in [1.165, 1.54) is 0 Å². The Bertz CT molecular complexity index is 880. The molecule has 4 rings (SSSR count). The van der Waals surface area contributed by atoms with Gasteiger partial charge in [0.15, 0.2) is 5.78 Å². The van der Waals surface area contributed by atoms with E-state index < -0.39 is 0 Å². The normalized spacial score (nSPS) is 13.7. The molecule has 0 saturated carbocycles. The average molecular weight is 293 g/mol. The standard InChI is InChI=1S/C19H13ClO/c20-18-9-8-14(16-3-1-2-4-17(16)18)12-5-7-15-13(11-12)6-10-19(15)21/h1-5,7-9,11H,6,10H2. The lowest BCUT2D eigenvalue weighted by Gasteiger charge is -2.10. The molecule has 102 valence electrons. The smallest absolute Gasteiger partial charge is 0.163 e. The number of ketones is 1. The van der Waals surface area contributed by atoms with Gasteiger partial charge in [-0.25, -0.2) is 0 Å². The average Bonchev–Trinajstić information content (AvgIpc) is 2.89. The Kier molecular flexibility index (Phi) is 2.83. The zero-order chi connectivity index (χ0) is 14.4. The van der Waals surface area contributed by atoms with Gasteiger partial charge in [0, 0.05) is 22.4 Å². The SMILES string of the molecule is O=C1CCc2cc(-c3ccc(Cl)c4ccccc34)ccc21. The summed E-state index contributed by atoms with van der Waals surface area (Å²) in [5.41, 5.74) is 4.36. The summed E-state index contributed by atoms with van der Waals surface area (Å²) in [5, 5.41) is 2.98. The summed E-state index contributed by atoms with van der Waals surface area (Å²) >= 11 is 6.28. The van der Waals surface area contributed by atoms with Gasteiger partial charge in [-0.2, -0.15) is 0 Å². The fourth-order valence-corrected chi connectivity index (χ4v) is 3.36. The van der Waals surface area contributed by atoms with E-state index in [1.54, 1.807) is 0 Å². The molecule has 0 amide bonds. The summed E-state index contributed by atoms with van der Waals surface area (Å²) in [6.45, 7) is 0. The molecule has 0 N–H and O–H groups in total. The molecule has 1 aliphatic rings. The lowest BCUT2D eigenvalue weighted by Crippen LogP contribution is -1.91. The first-order chi connectivity index (χ1) is 10.2. The van der Waals surface area contributed by atoms with Crippen molar-refractivity contribution in [2.24, 2.45) is 0 Å². The molecule has 0 spiro atoms. The van der Waals surface area contributed by atoms with Crippen LogP contribution in [0.1, 0.15) is 22.3 Å². The molecule has 0 atom stereocenters. The van der Waals surface area contributed by atoms with Crippen LogP contribution in [0, 0.1) is 0 Å². The van der Waals surface area contributed by atoms with Crippen LogP contribution in [0.2, 0.25) is 5.02 Å². The summed E-state index contributed by atoms with van der Waals surface area (Å²) in [4.78, 5) is 11.8. The van der Waals surface area contributed by atoms with Crippen LogP contribution in [0.3, 0.4) is 0 Å². The van der Waals surface area contributed by atoms with Crippen molar-refractivity contribution in [1.82, 2.24) is 0 Å². The molecular weight excluding hydrogens is 280 g/mol. The number of hydrogen-bond acceptors (Lipinski definition) is 1. The number of aryl methyl sites for hydroxylation is 1. The predicted molar refractivity (Wildman–Crippen MR) is 87.0 cm³/mol. The van der Waals surface area contributed by atoms with Gasteiger partial charge in [0.05, 0.1) is 0 Å². The lowest BCUT2D eigenvalue weighted by molar-refractivity contribution is 0.0994. The first kappa shape index (κ1) is 12.6. The molecule has 21 heavy (non-hydrogen) atoms. The molecule has 0 aliphatic heterocycles. The second-order valence-corrected chi connectivity index (χ2v) is 5.84. The van der Waals surface area contributed by atoms with Gasteiger partial charge in [0.2, 0.25) is 0 Å². The van der Waals surface area contributed by atoms with Crippen LogP contribution in [-0.4, -0.2) is 5.78 Å². The summed E-state index contributed by atoms with van der Waals surface area (Å²) < 4.78 is 0. The number of rotatable bonds is 1. The summed E-state index contributed by atoms with van der Waals surface area (Å²) in [6, 6.07) is 18.3. The number of fused-ring (bicyclic) bond motifs is 2. The molecule has 0 heterocycles. The van der Waals surface area contributed by atoms with Crippen molar-refractivity contribution in [2.75, 3.05) is 0 Å². The van der Waals surface area contributed by atoms with Gasteiger partial charge in [0.25, 0.3) is 0 Å². The fraction of sp³-hybridized carbons (Fsp3) is 0.105. The van der Waals surface area contributed by atoms with E-state index in [9.17, 15) is 4.79 Å². The molecule has 1 nitrogen and oxygen atoms in total. The van der Waals surface area contributed by atoms with Gasteiger partial charge in [-0.05, 0) is 34.6 Å². The van der Waals surface area contributed by atoms with E-state index in [0.717, 1.165) is 44.5 Å². The van der Waals surface area contributed by atoms with Crippen molar-refractivity contribution in [2.45, 2.75) is 12.8 Å². The first-order valence-electron chi connectivity index (χ1n) is 7.08. The van der Waals surface area contributed by atoms with Crippen molar-refractivity contribution in [1.29, 1.82) is 0 Å². The van der Waals surface area contributed by atoms with Crippen LogP contribution in [-0.2, 0) is 6.42 Å². The zero-order valence-electron chi connectivity index (χ0n) is 11.4. The number of benzene rings is 3. The third-order valence-electron chi connectivity index (χ3n) is 4.21. The third-order valence-corrected chi connectivity index (χ3v) is 4.54. The van der Waals surface area contributed by atoms with Crippen LogP contribution in [0.15, 0.2) is 54.6 Å². The maximum Gasteiger partial charge on any atom is 0.163 e. The topological polar surface area (TPSA) is 17.1 Å². The Labute approximate surface area is 128 Å². The fourth-order valence-electron chi connectivity index (χ4n) is 3.14. The largest absolute Gasteiger partial charge is 0.294 e. The Morgan fingerprint density at radius 3 is 2.43 bits per heavy atom. The molecule has 3 aromatic rings. The van der Waals surface area contributed by atoms with Crippen molar-refractivity contribution >= 4 is 28.2 Å². The number of carbonyl (C=O) groups excluding carboxylic acids is 1. The molecule has 3 aromatic carbocycles. The van der Waals surface area contributed by atoms with Crippen LogP contribution in [0.25, 0.3) is 21.9 Å². The van der Waals surface area contributed by atoms with Gasteiger partial charge in [-0.3, -0.25) is 4.79 Å². The van der Waals surface area contributed by atoms with Crippen LogP contribution >= 0.6 is 11.6 Å². The first-order valence-corrected chi connectivity index (χ1v) is 7.45. The van der Waals surface area contributed by atoms with Gasteiger partial charge in [-0.1, -0.05) is 60.1 Å². The Morgan fingerprint density at radius 1 is 0.810 bits per heavy atom. The van der Waals surface area contributed by atoms with Gasteiger partial charge >= 0.3 is 0 Å². The van der Waals surface area contributed by atoms with Crippen molar-refractivity contribution < 1.29 is 4.79 Å². The molecule has 0 fully saturated rings. The quantitative estimate of drug-likeness (QED) is 0.595. The molecule has 0 unspecified atom stereocenters. The van der Waals surface area contributed by atoms with Gasteiger partial charge in [-0.15, -0.1) is 0 Å². The minimum atomic E-state index is 0.262. The predicted octanol–water partition coefficient (Wildman–Crippen LogP) is 5.29. The van der Waals surface area contributed by atoms with E-state index in [2.05, 4.69) is 18.2 Å². The minimum absolute atomic E-state index is 0.262. The molecule has 0 radical (unpaired) electrons. The van der Waals surface area contributed by atoms with E-state index >= 15 is 0 Å². The molecule has 0 bridgehead atoms. The second-order valence-electron chi connectivity index (χ2n) is 5.44. The molecular formula is C19H13ClO. The molecule has 2 heteroatoms. The Morgan fingerprint density at radius 2 is 1.57 bits per heavy atom. The molecule has 1 aliphatic carbocycles. The zero-order valence-corrected chi connectivity index (χ0v) is 12.2. The highest BCUT2D eigenvalue weighted by molar-refractivity contribution is 6.36. The Balaban J connectivity index is 1.96. The maximum atomic E-state index is 11.8. The van der Waals surface area contributed by atoms with Gasteiger partial charge < -0.3 is 0 Å². The number of halogens is 1. The highest BCUT2D eigenvalue weighted by Crippen LogP contribution is 2.35. The second kappa shape index (κ2) is 4.71. The lowest BCUT2D eigenvalue weighted by atomic mass is 9.96. The number of hydrogen-bond donors (Lipinski definition) is 0. The van der Waals surface area contributed by atoms with E-state index in [1.807, 2.05) is 36.4 Å². The van der Waals surface area contributed by atoms with Crippen LogP contribution in [0.5, 0.6) is 0 Å². The maximum absolute atomic E-state index is 11.8. The monoisotopic (exact) mass is 292 g/mol. The minimum Gasteiger partial charge on any atom is -0.294 e. The third kappa shape index (κ3) is 1.97. The highest BCUT2D eigenvalue weighted by atomic mass is 35.5. The highest BCUT2D eigenvalue weighted by Gasteiger charge is 2.19.